The number of oxazole rings is 1. The summed E-state index contributed by atoms with van der Waals surface area (Å²) in [5.41, 5.74) is 0.159. The number of hydrogen-bond acceptors (Lipinski definition) is 7. The molecule has 0 spiro atoms. The van der Waals surface area contributed by atoms with Gasteiger partial charge in [-0.3, -0.25) is 0 Å². The summed E-state index contributed by atoms with van der Waals surface area (Å²) in [7, 11) is 1.59. The van der Waals surface area contributed by atoms with Gasteiger partial charge < -0.3 is 23.6 Å². The lowest BCUT2D eigenvalue weighted by Gasteiger charge is -2.03. The highest BCUT2D eigenvalue weighted by Gasteiger charge is 2.17. The lowest BCUT2D eigenvalue weighted by Crippen LogP contribution is -2.07. The number of anilines is 1. The van der Waals surface area contributed by atoms with Crippen LogP contribution < -0.4 is 10.1 Å². The first kappa shape index (κ1) is 17.9. The van der Waals surface area contributed by atoms with Gasteiger partial charge in [0.1, 0.15) is 24.2 Å². The van der Waals surface area contributed by atoms with E-state index in [1.165, 1.54) is 0 Å². The molecular weight excluding hydrogens is 358 g/mol. The van der Waals surface area contributed by atoms with Crippen LogP contribution in [0.5, 0.6) is 5.75 Å². The van der Waals surface area contributed by atoms with Gasteiger partial charge in [0, 0.05) is 18.7 Å². The van der Waals surface area contributed by atoms with Crippen LogP contribution in [-0.4, -0.2) is 25.2 Å². The van der Waals surface area contributed by atoms with Gasteiger partial charge in [-0.1, -0.05) is 11.6 Å². The van der Waals surface area contributed by atoms with Crippen molar-refractivity contribution < 1.29 is 18.3 Å². The lowest BCUT2D eigenvalue weighted by molar-refractivity contribution is 0.210. The van der Waals surface area contributed by atoms with Crippen LogP contribution >= 0.6 is 11.6 Å². The maximum absolute atomic E-state index is 9.17. The molecule has 134 valence electrons. The summed E-state index contributed by atoms with van der Waals surface area (Å²) >= 11 is 5.84. The zero-order valence-corrected chi connectivity index (χ0v) is 14.7. The molecule has 0 bridgehead atoms. The van der Waals surface area contributed by atoms with Gasteiger partial charge >= 0.3 is 0 Å². The SMILES string of the molecule is COCCNc1oc(-c2ccc(COc3ccc(Cl)cc3)o2)nc1C#N. The molecule has 0 saturated heterocycles. The minimum atomic E-state index is 0.159. The monoisotopic (exact) mass is 373 g/mol. The fourth-order valence-corrected chi connectivity index (χ4v) is 2.27. The van der Waals surface area contributed by atoms with Crippen molar-refractivity contribution in [2.75, 3.05) is 25.6 Å². The molecular formula is C18H16ClN3O4. The van der Waals surface area contributed by atoms with Crippen LogP contribution in [0.25, 0.3) is 11.7 Å². The van der Waals surface area contributed by atoms with Crippen molar-refractivity contribution in [3.05, 3.63) is 52.9 Å². The van der Waals surface area contributed by atoms with Crippen LogP contribution in [0.1, 0.15) is 11.5 Å². The van der Waals surface area contributed by atoms with Crippen molar-refractivity contribution in [3.63, 3.8) is 0 Å². The maximum Gasteiger partial charge on any atom is 0.266 e. The van der Waals surface area contributed by atoms with Crippen LogP contribution in [0, 0.1) is 11.3 Å². The number of benzene rings is 1. The fraction of sp³-hybridized carbons (Fsp3) is 0.222. The molecule has 1 N–H and O–H groups in total. The van der Waals surface area contributed by atoms with Gasteiger partial charge in [-0.2, -0.15) is 10.2 Å². The quantitative estimate of drug-likeness (QED) is 0.594. The number of hydrogen-bond donors (Lipinski definition) is 1. The molecule has 0 saturated carbocycles. The Labute approximate surface area is 155 Å². The smallest absolute Gasteiger partial charge is 0.266 e. The van der Waals surface area contributed by atoms with Crippen molar-refractivity contribution in [2.45, 2.75) is 6.61 Å². The van der Waals surface area contributed by atoms with Crippen molar-refractivity contribution >= 4 is 17.5 Å². The van der Waals surface area contributed by atoms with Gasteiger partial charge in [-0.05, 0) is 36.4 Å². The highest BCUT2D eigenvalue weighted by atomic mass is 35.5. The Hall–Kier alpha value is -2.95. The molecule has 0 amide bonds. The van der Waals surface area contributed by atoms with Crippen LogP contribution in [0.3, 0.4) is 0 Å². The Bertz CT molecular complexity index is 896. The number of nitrogens with one attached hydrogen (secondary N) is 1. The predicted molar refractivity (Wildman–Crippen MR) is 95.1 cm³/mol. The van der Waals surface area contributed by atoms with Crippen LogP contribution in [0.15, 0.2) is 45.2 Å². The average Bonchev–Trinajstić information content (AvgIpc) is 3.28. The van der Waals surface area contributed by atoms with Crippen molar-refractivity contribution in [1.29, 1.82) is 5.26 Å². The minimum Gasteiger partial charge on any atom is -0.486 e. The number of halogens is 1. The van der Waals surface area contributed by atoms with E-state index in [1.54, 1.807) is 43.5 Å². The highest BCUT2D eigenvalue weighted by Crippen LogP contribution is 2.27. The molecule has 0 atom stereocenters. The predicted octanol–water partition coefficient (Wildman–Crippen LogP) is 4.10. The number of furan rings is 1. The molecule has 2 aromatic heterocycles. The van der Waals surface area contributed by atoms with Crippen molar-refractivity contribution in [3.8, 4) is 23.5 Å². The maximum atomic E-state index is 9.17. The van der Waals surface area contributed by atoms with Gasteiger partial charge in [-0.15, -0.1) is 0 Å². The summed E-state index contributed by atoms with van der Waals surface area (Å²) < 4.78 is 21.8. The largest absolute Gasteiger partial charge is 0.486 e. The van der Waals surface area contributed by atoms with Gasteiger partial charge in [0.2, 0.25) is 11.6 Å². The molecule has 0 fully saturated rings. The molecule has 3 aromatic rings. The van der Waals surface area contributed by atoms with E-state index >= 15 is 0 Å². The molecule has 3 rings (SSSR count). The first-order chi connectivity index (χ1) is 12.7. The molecule has 0 aliphatic rings. The second-order valence-electron chi connectivity index (χ2n) is 5.24. The van der Waals surface area contributed by atoms with Crippen molar-refractivity contribution in [2.24, 2.45) is 0 Å². The minimum absolute atomic E-state index is 0.159. The van der Waals surface area contributed by atoms with Crippen LogP contribution in [0.2, 0.25) is 5.02 Å². The average molecular weight is 374 g/mol. The third kappa shape index (κ3) is 4.36. The van der Waals surface area contributed by atoms with E-state index in [9.17, 15) is 0 Å². The Balaban J connectivity index is 1.67. The first-order valence-corrected chi connectivity index (χ1v) is 8.18. The Morgan fingerprint density at radius 2 is 2.00 bits per heavy atom. The summed E-state index contributed by atoms with van der Waals surface area (Å²) in [5.74, 6) is 2.20. The molecule has 7 nitrogen and oxygen atoms in total. The molecule has 2 heterocycles. The fourth-order valence-electron chi connectivity index (χ4n) is 2.14. The molecule has 0 radical (unpaired) electrons. The third-order valence-electron chi connectivity index (χ3n) is 3.39. The number of rotatable bonds is 8. The number of nitrogens with zero attached hydrogens (tertiary/aromatic N) is 2. The standard InChI is InChI=1S/C18H16ClN3O4/c1-23-9-8-21-17-15(10-20)22-18(26-17)16-7-6-14(25-16)11-24-13-4-2-12(19)3-5-13/h2-7,21H,8-9,11H2,1H3. The van der Waals surface area contributed by atoms with Gasteiger partial charge in [0.05, 0.1) is 6.61 Å². The number of methoxy groups -OCH3 is 1. The van der Waals surface area contributed by atoms with Gasteiger partial charge in [0.25, 0.3) is 5.89 Å². The van der Waals surface area contributed by atoms with E-state index in [0.29, 0.717) is 35.4 Å². The van der Waals surface area contributed by atoms with Crippen LogP contribution in [0.4, 0.5) is 5.88 Å². The lowest BCUT2D eigenvalue weighted by atomic mass is 10.3. The zero-order valence-electron chi connectivity index (χ0n) is 14.0. The number of ether oxygens (including phenoxy) is 2. The molecule has 0 aliphatic heterocycles. The van der Waals surface area contributed by atoms with E-state index in [2.05, 4.69) is 10.3 Å². The van der Waals surface area contributed by atoms with Crippen LogP contribution in [-0.2, 0) is 11.3 Å². The normalized spacial score (nSPS) is 10.5. The summed E-state index contributed by atoms with van der Waals surface area (Å²) in [4.78, 5) is 4.14. The molecule has 1 aromatic carbocycles. The third-order valence-corrected chi connectivity index (χ3v) is 3.64. The number of nitriles is 1. The Morgan fingerprint density at radius 3 is 2.73 bits per heavy atom. The van der Waals surface area contributed by atoms with Gasteiger partial charge in [0.15, 0.2) is 5.76 Å². The molecule has 0 unspecified atom stereocenters. The summed E-state index contributed by atoms with van der Waals surface area (Å²) in [5, 5.41) is 12.8. The summed E-state index contributed by atoms with van der Waals surface area (Å²) in [6.07, 6.45) is 0. The number of aromatic nitrogens is 1. The van der Waals surface area contributed by atoms with E-state index < -0.39 is 0 Å². The topological polar surface area (TPSA) is 93.4 Å². The van der Waals surface area contributed by atoms with E-state index in [-0.39, 0.29) is 24.1 Å². The molecule has 0 aliphatic carbocycles. The molecule has 26 heavy (non-hydrogen) atoms. The first-order valence-electron chi connectivity index (χ1n) is 7.81. The molecule has 8 heteroatoms. The van der Waals surface area contributed by atoms with Crippen molar-refractivity contribution in [1.82, 2.24) is 4.98 Å². The highest BCUT2D eigenvalue weighted by molar-refractivity contribution is 6.30. The zero-order chi connectivity index (χ0) is 18.4. The van der Waals surface area contributed by atoms with E-state index in [1.807, 2.05) is 6.07 Å². The second kappa shape index (κ2) is 8.43. The summed E-state index contributed by atoms with van der Waals surface area (Å²) in [6, 6.07) is 12.5. The Morgan fingerprint density at radius 1 is 1.19 bits per heavy atom. The van der Waals surface area contributed by atoms with E-state index in [4.69, 9.17) is 35.2 Å². The van der Waals surface area contributed by atoms with Gasteiger partial charge in [-0.25, -0.2) is 0 Å². The summed E-state index contributed by atoms with van der Waals surface area (Å²) in [6.45, 7) is 1.22. The Kier molecular flexibility index (Phi) is 5.79. The van der Waals surface area contributed by atoms with E-state index in [0.717, 1.165) is 0 Å². The second-order valence-corrected chi connectivity index (χ2v) is 5.67.